The van der Waals surface area contributed by atoms with Crippen LogP contribution in [0.4, 0.5) is 4.79 Å². The lowest BCUT2D eigenvalue weighted by Gasteiger charge is -2.25. The fraction of sp³-hybridized carbons (Fsp3) is 0.333. The minimum Gasteiger partial charge on any atom is -0.497 e. The number of hydrogen-bond acceptors (Lipinski definition) is 5. The number of carbonyl (C=O) groups excluding carboxylic acids is 2. The Morgan fingerprint density at radius 3 is 2.67 bits per heavy atom. The molecule has 1 aromatic carbocycles. The lowest BCUT2D eigenvalue weighted by Crippen LogP contribution is -2.41. The van der Waals surface area contributed by atoms with Crippen LogP contribution in [-0.4, -0.2) is 44.1 Å². The van der Waals surface area contributed by atoms with Crippen LogP contribution >= 0.6 is 0 Å². The van der Waals surface area contributed by atoms with E-state index >= 15 is 0 Å². The molecule has 0 bridgehead atoms. The third-order valence-corrected chi connectivity index (χ3v) is 3.17. The Hall–Kier alpha value is -2.50. The molecule has 0 radical (unpaired) electrons. The van der Waals surface area contributed by atoms with Gasteiger partial charge in [-0.25, -0.2) is 4.79 Å². The van der Waals surface area contributed by atoms with Gasteiger partial charge in [0.15, 0.2) is 5.76 Å². The summed E-state index contributed by atoms with van der Waals surface area (Å²) in [5.41, 5.74) is 0.638. The zero-order valence-electron chi connectivity index (χ0n) is 12.2. The highest BCUT2D eigenvalue weighted by Crippen LogP contribution is 2.27. The van der Waals surface area contributed by atoms with E-state index in [1.165, 1.54) is 18.1 Å². The first-order chi connectivity index (χ1) is 10.1. The predicted molar refractivity (Wildman–Crippen MR) is 76.3 cm³/mol. The molecule has 0 N–H and O–H groups in total. The summed E-state index contributed by atoms with van der Waals surface area (Å²) >= 11 is 0. The van der Waals surface area contributed by atoms with E-state index in [1.807, 2.05) is 0 Å². The van der Waals surface area contributed by atoms with Crippen molar-refractivity contribution >= 4 is 18.0 Å². The van der Waals surface area contributed by atoms with Crippen LogP contribution in [0.1, 0.15) is 12.5 Å². The summed E-state index contributed by atoms with van der Waals surface area (Å²) in [6, 6.07) is 5.17. The summed E-state index contributed by atoms with van der Waals surface area (Å²) in [5.74, 6) is 0.948. The van der Waals surface area contributed by atoms with Crippen LogP contribution in [-0.2, 0) is 9.53 Å². The average Bonchev–Trinajstić information content (AvgIpc) is 2.50. The Morgan fingerprint density at radius 1 is 1.29 bits per heavy atom. The van der Waals surface area contributed by atoms with E-state index in [0.29, 0.717) is 23.6 Å². The molecular formula is C15H17NO5. The third-order valence-electron chi connectivity index (χ3n) is 3.17. The molecule has 0 unspecified atom stereocenters. The van der Waals surface area contributed by atoms with Crippen molar-refractivity contribution in [2.45, 2.75) is 6.92 Å². The SMILES string of the molecule is CCN1CC(=O)/C(=C\c2ccc(OC)cc2OC)OC1=O. The molecule has 6 heteroatoms. The average molecular weight is 291 g/mol. The number of hydrogen-bond donors (Lipinski definition) is 0. The maximum Gasteiger partial charge on any atom is 0.415 e. The van der Waals surface area contributed by atoms with Crippen molar-refractivity contribution in [1.29, 1.82) is 0 Å². The fourth-order valence-corrected chi connectivity index (χ4v) is 1.96. The number of cyclic esters (lactones) is 1. The first-order valence-electron chi connectivity index (χ1n) is 6.52. The van der Waals surface area contributed by atoms with E-state index in [2.05, 4.69) is 0 Å². The number of ether oxygens (including phenoxy) is 3. The monoisotopic (exact) mass is 291 g/mol. The zero-order valence-corrected chi connectivity index (χ0v) is 12.2. The lowest BCUT2D eigenvalue weighted by molar-refractivity contribution is -0.121. The van der Waals surface area contributed by atoms with Crippen molar-refractivity contribution in [3.05, 3.63) is 29.5 Å². The second-order valence-electron chi connectivity index (χ2n) is 4.42. The second-order valence-corrected chi connectivity index (χ2v) is 4.42. The number of amides is 1. The van der Waals surface area contributed by atoms with Crippen LogP contribution in [0.25, 0.3) is 6.08 Å². The lowest BCUT2D eigenvalue weighted by atomic mass is 10.1. The molecule has 0 atom stereocenters. The summed E-state index contributed by atoms with van der Waals surface area (Å²) in [6.07, 6.45) is 0.988. The van der Waals surface area contributed by atoms with E-state index in [4.69, 9.17) is 14.2 Å². The first-order valence-corrected chi connectivity index (χ1v) is 6.52. The van der Waals surface area contributed by atoms with E-state index in [0.717, 1.165) is 0 Å². The standard InChI is InChI=1S/C15H17NO5/c1-4-16-9-12(17)14(21-15(16)18)7-10-5-6-11(19-2)8-13(10)20-3/h5-8H,4,9H2,1-3H3/b14-7+. The number of Topliss-reactive ketones (excluding diaryl/α,β-unsaturated/α-hetero) is 1. The maximum atomic E-state index is 12.0. The van der Waals surface area contributed by atoms with Gasteiger partial charge in [-0.05, 0) is 25.1 Å². The van der Waals surface area contributed by atoms with Gasteiger partial charge in [0, 0.05) is 18.2 Å². The maximum absolute atomic E-state index is 12.0. The summed E-state index contributed by atoms with van der Waals surface area (Å²) in [6.45, 7) is 2.25. The normalized spacial score (nSPS) is 16.9. The number of likely N-dealkylation sites (N-methyl/N-ethyl adjacent to an activating group) is 1. The van der Waals surface area contributed by atoms with Gasteiger partial charge in [-0.15, -0.1) is 0 Å². The van der Waals surface area contributed by atoms with Crippen molar-refractivity contribution in [3.63, 3.8) is 0 Å². The second kappa shape index (κ2) is 6.30. The van der Waals surface area contributed by atoms with Crippen molar-refractivity contribution in [2.24, 2.45) is 0 Å². The van der Waals surface area contributed by atoms with Crippen molar-refractivity contribution in [1.82, 2.24) is 4.90 Å². The van der Waals surface area contributed by atoms with Crippen LogP contribution in [0.2, 0.25) is 0 Å². The number of nitrogens with zero attached hydrogens (tertiary/aromatic N) is 1. The molecule has 21 heavy (non-hydrogen) atoms. The molecule has 1 fully saturated rings. The number of rotatable bonds is 4. The minimum absolute atomic E-state index is 0.0215. The highest BCUT2D eigenvalue weighted by atomic mass is 16.6. The number of carbonyl (C=O) groups is 2. The van der Waals surface area contributed by atoms with Crippen molar-refractivity contribution < 1.29 is 23.8 Å². The van der Waals surface area contributed by atoms with E-state index in [9.17, 15) is 9.59 Å². The van der Waals surface area contributed by atoms with Crippen molar-refractivity contribution in [3.8, 4) is 11.5 Å². The Kier molecular flexibility index (Phi) is 4.47. The topological polar surface area (TPSA) is 65.1 Å². The summed E-state index contributed by atoms with van der Waals surface area (Å²) < 4.78 is 15.4. The highest BCUT2D eigenvalue weighted by molar-refractivity contribution is 6.04. The summed E-state index contributed by atoms with van der Waals surface area (Å²) in [4.78, 5) is 25.0. The number of methoxy groups -OCH3 is 2. The molecular weight excluding hydrogens is 274 g/mol. The van der Waals surface area contributed by atoms with Crippen LogP contribution in [0.5, 0.6) is 11.5 Å². The molecule has 1 saturated heterocycles. The summed E-state index contributed by atoms with van der Waals surface area (Å²) in [7, 11) is 3.07. The Bertz CT molecular complexity index is 594. The van der Waals surface area contributed by atoms with E-state index < -0.39 is 6.09 Å². The van der Waals surface area contributed by atoms with E-state index in [-0.39, 0.29) is 18.1 Å². The highest BCUT2D eigenvalue weighted by Gasteiger charge is 2.28. The quantitative estimate of drug-likeness (QED) is 0.795. The molecule has 2 rings (SSSR count). The zero-order chi connectivity index (χ0) is 15.4. The molecule has 1 aliphatic rings. The van der Waals surface area contributed by atoms with Gasteiger partial charge >= 0.3 is 6.09 Å². The Morgan fingerprint density at radius 2 is 2.05 bits per heavy atom. The Balaban J connectivity index is 2.31. The predicted octanol–water partition coefficient (Wildman–Crippen LogP) is 2.09. The minimum atomic E-state index is -0.518. The molecule has 0 aliphatic carbocycles. The van der Waals surface area contributed by atoms with Crippen LogP contribution in [0.3, 0.4) is 0 Å². The van der Waals surface area contributed by atoms with Gasteiger partial charge in [-0.3, -0.25) is 4.79 Å². The van der Waals surface area contributed by atoms with Gasteiger partial charge in [0.1, 0.15) is 11.5 Å². The van der Waals surface area contributed by atoms with Gasteiger partial charge in [-0.2, -0.15) is 0 Å². The third kappa shape index (κ3) is 3.16. The van der Waals surface area contributed by atoms with Crippen molar-refractivity contribution in [2.75, 3.05) is 27.3 Å². The van der Waals surface area contributed by atoms with Crippen LogP contribution in [0.15, 0.2) is 24.0 Å². The molecule has 6 nitrogen and oxygen atoms in total. The fourth-order valence-electron chi connectivity index (χ4n) is 1.96. The van der Waals surface area contributed by atoms with Crippen LogP contribution in [0, 0.1) is 0 Å². The van der Waals surface area contributed by atoms with Gasteiger partial charge in [0.25, 0.3) is 0 Å². The smallest absolute Gasteiger partial charge is 0.415 e. The molecule has 0 aromatic heterocycles. The van der Waals surface area contributed by atoms with E-state index in [1.54, 1.807) is 32.2 Å². The largest absolute Gasteiger partial charge is 0.497 e. The molecule has 1 aliphatic heterocycles. The Labute approximate surface area is 122 Å². The molecule has 0 spiro atoms. The first kappa shape index (κ1) is 14.9. The molecule has 1 aromatic rings. The molecule has 1 amide bonds. The number of benzene rings is 1. The molecule has 1 heterocycles. The van der Waals surface area contributed by atoms with Gasteiger partial charge in [-0.1, -0.05) is 0 Å². The molecule has 0 saturated carbocycles. The van der Waals surface area contributed by atoms with Gasteiger partial charge in [0.05, 0.1) is 20.8 Å². The molecule has 112 valence electrons. The van der Waals surface area contributed by atoms with Gasteiger partial charge in [0.2, 0.25) is 5.78 Å². The number of ketones is 1. The summed E-state index contributed by atoms with van der Waals surface area (Å²) in [5, 5.41) is 0. The van der Waals surface area contributed by atoms with Gasteiger partial charge < -0.3 is 19.1 Å². The van der Waals surface area contributed by atoms with Crippen LogP contribution < -0.4 is 9.47 Å².